The van der Waals surface area contributed by atoms with Crippen molar-refractivity contribution in [1.29, 1.82) is 0 Å². The summed E-state index contributed by atoms with van der Waals surface area (Å²) in [6.07, 6.45) is 2.72. The molecule has 0 radical (unpaired) electrons. The van der Waals surface area contributed by atoms with Crippen molar-refractivity contribution in [2.24, 2.45) is 16.8 Å². The predicted octanol–water partition coefficient (Wildman–Crippen LogP) is 2.62. The lowest BCUT2D eigenvalue weighted by Gasteiger charge is -2.36. The Bertz CT molecular complexity index is 415. The van der Waals surface area contributed by atoms with Crippen molar-refractivity contribution in [3.05, 3.63) is 0 Å². The van der Waals surface area contributed by atoms with Crippen LogP contribution in [0.4, 0.5) is 0 Å². The molecule has 2 rings (SSSR count). The molecule has 2 aliphatic heterocycles. The van der Waals surface area contributed by atoms with Crippen LogP contribution in [0.2, 0.25) is 0 Å². The van der Waals surface area contributed by atoms with E-state index in [0.717, 1.165) is 25.0 Å². The maximum Gasteiger partial charge on any atom is 0.191 e. The molecule has 2 aliphatic rings. The van der Waals surface area contributed by atoms with Crippen molar-refractivity contribution in [3.8, 4) is 0 Å². The van der Waals surface area contributed by atoms with Crippen LogP contribution >= 0.6 is 24.0 Å². The molecular weight excluding hydrogens is 425 g/mol. The first kappa shape index (κ1) is 23.0. The monoisotopic (exact) mass is 465 g/mol. The van der Waals surface area contributed by atoms with Crippen molar-refractivity contribution in [2.45, 2.75) is 65.6 Å². The van der Waals surface area contributed by atoms with Crippen molar-refractivity contribution >= 4 is 29.9 Å². The average Bonchev–Trinajstić information content (AvgIpc) is 2.92. The average molecular weight is 465 g/mol. The summed E-state index contributed by atoms with van der Waals surface area (Å²) < 4.78 is 0. The Morgan fingerprint density at radius 3 is 2.40 bits per heavy atom. The molecule has 4 unspecified atom stereocenters. The standard InChI is InChI=1S/C19H39N5.HI/c1-14(2)24-12-16(4)18(13-24)22-19(20-6)21-10-17(5)23-9-7-8-15(3)11-23;/h14-18H,7-13H2,1-6H3,(H2,20,21,22);1H. The Balaban J connectivity index is 0.00000312. The van der Waals surface area contributed by atoms with Gasteiger partial charge in [-0.25, -0.2) is 0 Å². The minimum atomic E-state index is 0. The minimum Gasteiger partial charge on any atom is -0.355 e. The lowest BCUT2D eigenvalue weighted by molar-refractivity contribution is 0.139. The maximum absolute atomic E-state index is 4.45. The molecule has 0 bridgehead atoms. The van der Waals surface area contributed by atoms with Crippen LogP contribution in [-0.4, -0.2) is 73.7 Å². The van der Waals surface area contributed by atoms with Crippen LogP contribution in [0.1, 0.15) is 47.5 Å². The van der Waals surface area contributed by atoms with E-state index in [1.807, 2.05) is 7.05 Å². The van der Waals surface area contributed by atoms with E-state index < -0.39 is 0 Å². The van der Waals surface area contributed by atoms with E-state index in [4.69, 9.17) is 0 Å². The summed E-state index contributed by atoms with van der Waals surface area (Å²) in [4.78, 5) is 9.61. The number of hydrogen-bond acceptors (Lipinski definition) is 3. The van der Waals surface area contributed by atoms with Gasteiger partial charge in [0, 0.05) is 51.4 Å². The normalized spacial score (nSPS) is 30.2. The number of nitrogens with zero attached hydrogens (tertiary/aromatic N) is 3. The Kier molecular flexibility index (Phi) is 10.0. The summed E-state index contributed by atoms with van der Waals surface area (Å²) in [5.74, 6) is 2.45. The van der Waals surface area contributed by atoms with E-state index in [9.17, 15) is 0 Å². The number of halogens is 1. The number of aliphatic imine (C=N–C) groups is 1. The van der Waals surface area contributed by atoms with E-state index in [0.29, 0.717) is 24.0 Å². The molecule has 148 valence electrons. The third kappa shape index (κ3) is 6.86. The fourth-order valence-electron chi connectivity index (χ4n) is 3.98. The predicted molar refractivity (Wildman–Crippen MR) is 119 cm³/mol. The molecule has 0 aromatic heterocycles. The van der Waals surface area contributed by atoms with Crippen LogP contribution in [0.15, 0.2) is 4.99 Å². The first-order chi connectivity index (χ1) is 11.4. The summed E-state index contributed by atoms with van der Waals surface area (Å²) in [6, 6.07) is 1.67. The van der Waals surface area contributed by atoms with Crippen LogP contribution in [0, 0.1) is 11.8 Å². The first-order valence-electron chi connectivity index (χ1n) is 9.86. The quantitative estimate of drug-likeness (QED) is 0.372. The molecule has 25 heavy (non-hydrogen) atoms. The van der Waals surface area contributed by atoms with Crippen molar-refractivity contribution in [1.82, 2.24) is 20.4 Å². The van der Waals surface area contributed by atoms with Crippen LogP contribution < -0.4 is 10.6 Å². The molecule has 0 saturated carbocycles. The fraction of sp³-hybridized carbons (Fsp3) is 0.947. The molecule has 0 spiro atoms. The summed E-state index contributed by atoms with van der Waals surface area (Å²) in [7, 11) is 1.88. The SMILES string of the molecule is CN=C(NCC(C)N1CCCC(C)C1)NC1CN(C(C)C)CC1C.I. The Labute approximate surface area is 172 Å². The van der Waals surface area contributed by atoms with Gasteiger partial charge in [0.15, 0.2) is 5.96 Å². The van der Waals surface area contributed by atoms with Gasteiger partial charge in [-0.3, -0.25) is 14.8 Å². The topological polar surface area (TPSA) is 42.9 Å². The van der Waals surface area contributed by atoms with Gasteiger partial charge < -0.3 is 10.6 Å². The third-order valence-corrected chi connectivity index (χ3v) is 5.79. The summed E-state index contributed by atoms with van der Waals surface area (Å²) in [6.45, 7) is 17.3. The van der Waals surface area contributed by atoms with Crippen LogP contribution in [0.5, 0.6) is 0 Å². The van der Waals surface area contributed by atoms with Crippen molar-refractivity contribution in [2.75, 3.05) is 39.8 Å². The van der Waals surface area contributed by atoms with Crippen LogP contribution in [0.3, 0.4) is 0 Å². The zero-order chi connectivity index (χ0) is 17.7. The van der Waals surface area contributed by atoms with E-state index in [2.05, 4.69) is 60.0 Å². The Morgan fingerprint density at radius 1 is 1.12 bits per heavy atom. The van der Waals surface area contributed by atoms with Gasteiger partial charge >= 0.3 is 0 Å². The second-order valence-electron chi connectivity index (χ2n) is 8.32. The van der Waals surface area contributed by atoms with Gasteiger partial charge in [0.05, 0.1) is 0 Å². The summed E-state index contributed by atoms with van der Waals surface area (Å²) >= 11 is 0. The van der Waals surface area contributed by atoms with Gasteiger partial charge in [-0.2, -0.15) is 0 Å². The van der Waals surface area contributed by atoms with Gasteiger partial charge in [-0.1, -0.05) is 13.8 Å². The van der Waals surface area contributed by atoms with Gasteiger partial charge in [-0.15, -0.1) is 24.0 Å². The lowest BCUT2D eigenvalue weighted by Crippen LogP contribution is -2.51. The molecule has 6 heteroatoms. The highest BCUT2D eigenvalue weighted by Gasteiger charge is 2.31. The Hall–Kier alpha value is -0.0800. The number of rotatable bonds is 5. The molecule has 5 nitrogen and oxygen atoms in total. The fourth-order valence-corrected chi connectivity index (χ4v) is 3.98. The van der Waals surface area contributed by atoms with Crippen molar-refractivity contribution in [3.63, 3.8) is 0 Å². The van der Waals surface area contributed by atoms with Gasteiger partial charge in [0.25, 0.3) is 0 Å². The molecule has 2 fully saturated rings. The first-order valence-corrected chi connectivity index (χ1v) is 9.86. The van der Waals surface area contributed by atoms with E-state index in [1.165, 1.54) is 32.5 Å². The van der Waals surface area contributed by atoms with Crippen molar-refractivity contribution < 1.29 is 0 Å². The smallest absolute Gasteiger partial charge is 0.191 e. The number of guanidine groups is 1. The zero-order valence-electron chi connectivity index (χ0n) is 17.1. The molecule has 2 N–H and O–H groups in total. The number of hydrogen-bond donors (Lipinski definition) is 2. The number of piperidine rings is 1. The molecule has 0 aliphatic carbocycles. The van der Waals surface area contributed by atoms with Crippen LogP contribution in [-0.2, 0) is 0 Å². The summed E-state index contributed by atoms with van der Waals surface area (Å²) in [5, 5.41) is 7.20. The Morgan fingerprint density at radius 2 is 1.84 bits per heavy atom. The number of nitrogens with one attached hydrogen (secondary N) is 2. The van der Waals surface area contributed by atoms with E-state index >= 15 is 0 Å². The molecular formula is C19H40IN5. The molecule has 0 aromatic carbocycles. The summed E-state index contributed by atoms with van der Waals surface area (Å²) in [5.41, 5.74) is 0. The second-order valence-corrected chi connectivity index (χ2v) is 8.32. The van der Waals surface area contributed by atoms with Gasteiger partial charge in [0.1, 0.15) is 0 Å². The molecule has 0 aromatic rings. The maximum atomic E-state index is 4.45. The third-order valence-electron chi connectivity index (χ3n) is 5.79. The van der Waals surface area contributed by atoms with E-state index in [1.54, 1.807) is 0 Å². The lowest BCUT2D eigenvalue weighted by atomic mass is 9.99. The highest BCUT2D eigenvalue weighted by atomic mass is 127. The molecule has 4 atom stereocenters. The van der Waals surface area contributed by atoms with E-state index in [-0.39, 0.29) is 24.0 Å². The van der Waals surface area contributed by atoms with Crippen LogP contribution in [0.25, 0.3) is 0 Å². The minimum absolute atomic E-state index is 0. The molecule has 0 amide bonds. The highest BCUT2D eigenvalue weighted by molar-refractivity contribution is 14.0. The molecule has 2 heterocycles. The van der Waals surface area contributed by atoms with Gasteiger partial charge in [-0.05, 0) is 52.0 Å². The number of likely N-dealkylation sites (tertiary alicyclic amines) is 2. The largest absolute Gasteiger partial charge is 0.355 e. The van der Waals surface area contributed by atoms with Gasteiger partial charge in [0.2, 0.25) is 0 Å². The molecule has 2 saturated heterocycles. The highest BCUT2D eigenvalue weighted by Crippen LogP contribution is 2.19. The second kappa shape index (κ2) is 10.9. The zero-order valence-corrected chi connectivity index (χ0v) is 19.4.